The third-order valence-electron chi connectivity index (χ3n) is 16.1. The molecule has 0 N–H and O–H groups in total. The molecule has 76 heavy (non-hydrogen) atoms. The predicted octanol–water partition coefficient (Wildman–Crippen LogP) is 21.6. The van der Waals surface area contributed by atoms with Gasteiger partial charge in [0.15, 0.2) is 0 Å². The fourth-order valence-electron chi connectivity index (χ4n) is 11.4. The van der Waals surface area contributed by atoms with Gasteiger partial charge in [0.25, 0.3) is 0 Å². The Hall–Kier alpha value is -7.68. The molecule has 0 fully saturated rings. The van der Waals surface area contributed by atoms with Crippen molar-refractivity contribution in [3.8, 4) is 22.3 Å². The summed E-state index contributed by atoms with van der Waals surface area (Å²) in [6.07, 6.45) is 8.26. The lowest BCUT2D eigenvalue weighted by Crippen LogP contribution is -2.23. The van der Waals surface area contributed by atoms with Crippen LogP contribution in [0.3, 0.4) is 0 Å². The van der Waals surface area contributed by atoms with Crippen molar-refractivity contribution < 1.29 is 0 Å². The van der Waals surface area contributed by atoms with E-state index in [1.165, 1.54) is 87.7 Å². The lowest BCUT2D eigenvalue weighted by molar-refractivity contribution is 0.293. The molecule has 0 spiro atoms. The summed E-state index contributed by atoms with van der Waals surface area (Å²) in [5, 5.41) is 9.76. The van der Waals surface area contributed by atoms with Gasteiger partial charge in [0.2, 0.25) is 0 Å². The van der Waals surface area contributed by atoms with Crippen LogP contribution in [0.2, 0.25) is 0 Å². The van der Waals surface area contributed by atoms with Gasteiger partial charge in [0.1, 0.15) is 0 Å². The van der Waals surface area contributed by atoms with Crippen molar-refractivity contribution in [1.29, 1.82) is 0 Å². The molecule has 0 amide bonds. The van der Waals surface area contributed by atoms with Crippen molar-refractivity contribution in [1.82, 2.24) is 0 Å². The Bertz CT molecular complexity index is 3800. The molecular formula is C74H74N2. The Balaban J connectivity index is 1.22. The van der Waals surface area contributed by atoms with E-state index in [0.717, 1.165) is 34.9 Å². The Labute approximate surface area is 453 Å². The predicted molar refractivity (Wildman–Crippen MR) is 331 cm³/mol. The monoisotopic (exact) mass is 991 g/mol. The lowest BCUT2D eigenvalue weighted by atomic mass is 9.77. The molecule has 0 aromatic heterocycles. The molecule has 10 aromatic carbocycles. The minimum Gasteiger partial charge on any atom is -0.311 e. The molecule has 380 valence electrons. The van der Waals surface area contributed by atoms with Crippen LogP contribution in [0.15, 0.2) is 218 Å². The first-order valence-corrected chi connectivity index (χ1v) is 27.5. The second-order valence-electron chi connectivity index (χ2n) is 25.6. The Kier molecular flexibility index (Phi) is 12.7. The highest BCUT2D eigenvalue weighted by Crippen LogP contribution is 2.49. The molecule has 2 heteroatoms. The zero-order chi connectivity index (χ0) is 53.3. The second kappa shape index (κ2) is 19.2. The van der Waals surface area contributed by atoms with Crippen LogP contribution in [0.4, 0.5) is 28.4 Å². The maximum atomic E-state index is 2.49. The number of benzene rings is 10. The van der Waals surface area contributed by atoms with E-state index in [4.69, 9.17) is 0 Å². The fraction of sp³-hybridized carbons (Fsp3) is 0.243. The molecule has 10 aromatic rings. The van der Waals surface area contributed by atoms with Crippen molar-refractivity contribution in [3.63, 3.8) is 0 Å². The molecule has 1 unspecified atom stereocenters. The molecule has 2 nitrogen and oxygen atoms in total. The van der Waals surface area contributed by atoms with Gasteiger partial charge in [-0.2, -0.15) is 0 Å². The van der Waals surface area contributed by atoms with E-state index in [2.05, 4.69) is 305 Å². The van der Waals surface area contributed by atoms with Crippen molar-refractivity contribution in [3.05, 3.63) is 235 Å². The maximum Gasteiger partial charge on any atom is 0.0468 e. The first-order chi connectivity index (χ1) is 36.2. The van der Waals surface area contributed by atoms with Crippen molar-refractivity contribution >= 4 is 71.5 Å². The highest BCUT2D eigenvalue weighted by molar-refractivity contribution is 6.23. The molecule has 1 atom stereocenters. The lowest BCUT2D eigenvalue weighted by Gasteiger charge is -2.33. The maximum absolute atomic E-state index is 2.49. The van der Waals surface area contributed by atoms with E-state index < -0.39 is 0 Å². The third-order valence-corrected chi connectivity index (χ3v) is 16.1. The summed E-state index contributed by atoms with van der Waals surface area (Å²) >= 11 is 0. The van der Waals surface area contributed by atoms with E-state index in [1.807, 2.05) is 0 Å². The SMILES string of the molecule is CC(C)(C)c1ccc(N(C2=CCC(C(C)(C)C)C=C2)c2ccc3c(-c4ccc5ccccc5c4)c4cc(N(c5ccc(C(C)(C)C)cc5)c5ccc(C(C)(C)C)cc5)ccc4c(-c4ccc5ccccc5c4)c3c2)cc1. The average Bonchev–Trinajstić information content (AvgIpc) is 3.43. The van der Waals surface area contributed by atoms with Crippen LogP contribution < -0.4 is 9.80 Å². The Morgan fingerprint density at radius 2 is 0.711 bits per heavy atom. The van der Waals surface area contributed by atoms with Crippen molar-refractivity contribution in [2.24, 2.45) is 11.3 Å². The minimum atomic E-state index is 0.0305. The smallest absolute Gasteiger partial charge is 0.0468 e. The number of rotatable bonds is 8. The van der Waals surface area contributed by atoms with E-state index in [-0.39, 0.29) is 21.7 Å². The van der Waals surface area contributed by atoms with E-state index in [1.54, 1.807) is 0 Å². The standard InChI is InChI=1S/C74H74N2/c1-71(2,3)55-25-33-59(34-26-55)75(60-35-27-56(28-36-60)72(4,5)6)63-41-43-65-67(47-63)69(53-23-21-49-17-13-15-19-51(49)45-53)66-44-42-64(48-68(66)70(65)54-24-22-50-18-14-16-20-52(50)46-54)76(61-37-29-57(30-38-61)73(7,8)9)62-39-31-58(32-40-62)74(10,11)12/h13-31,33-48,58H,32H2,1-12H3. The average molecular weight is 991 g/mol. The van der Waals surface area contributed by atoms with Crippen molar-refractivity contribution in [2.45, 2.75) is 106 Å². The molecule has 0 radical (unpaired) electrons. The Morgan fingerprint density at radius 3 is 1.08 bits per heavy atom. The highest BCUT2D eigenvalue weighted by Gasteiger charge is 2.28. The van der Waals surface area contributed by atoms with Crippen LogP contribution >= 0.6 is 0 Å². The molecule has 1 aliphatic carbocycles. The number of anilines is 5. The molecule has 1 aliphatic rings. The van der Waals surface area contributed by atoms with Crippen LogP contribution in [0, 0.1) is 11.3 Å². The zero-order valence-electron chi connectivity index (χ0n) is 46.9. The van der Waals surface area contributed by atoms with Gasteiger partial charge >= 0.3 is 0 Å². The van der Waals surface area contributed by atoms with E-state index in [0.29, 0.717) is 5.92 Å². The summed E-state index contributed by atoms with van der Waals surface area (Å²) in [5.74, 6) is 0.458. The quantitative estimate of drug-likeness (QED) is 0.140. The summed E-state index contributed by atoms with van der Waals surface area (Å²) < 4.78 is 0. The van der Waals surface area contributed by atoms with Gasteiger partial charge in [-0.1, -0.05) is 217 Å². The topological polar surface area (TPSA) is 6.48 Å². The van der Waals surface area contributed by atoms with Gasteiger partial charge in [-0.3, -0.25) is 0 Å². The zero-order valence-corrected chi connectivity index (χ0v) is 46.9. The summed E-state index contributed by atoms with van der Waals surface area (Å²) in [7, 11) is 0. The summed E-state index contributed by atoms with van der Waals surface area (Å²) in [6.45, 7) is 27.7. The van der Waals surface area contributed by atoms with Gasteiger partial charge in [0, 0.05) is 34.1 Å². The van der Waals surface area contributed by atoms with Gasteiger partial charge in [-0.05, 0) is 195 Å². The number of fused-ring (bicyclic) bond motifs is 4. The van der Waals surface area contributed by atoms with E-state index in [9.17, 15) is 0 Å². The van der Waals surface area contributed by atoms with Gasteiger partial charge < -0.3 is 9.80 Å². The molecule has 11 rings (SSSR count). The van der Waals surface area contributed by atoms with Crippen LogP contribution in [-0.2, 0) is 16.2 Å². The normalized spacial score (nSPS) is 14.4. The van der Waals surface area contributed by atoms with Gasteiger partial charge in [0.05, 0.1) is 0 Å². The summed E-state index contributed by atoms with van der Waals surface area (Å²) in [4.78, 5) is 4.94. The molecule has 0 saturated heterocycles. The first kappa shape index (κ1) is 50.5. The first-order valence-electron chi connectivity index (χ1n) is 27.5. The summed E-state index contributed by atoms with van der Waals surface area (Å²) in [6, 6.07) is 73.8. The second-order valence-corrected chi connectivity index (χ2v) is 25.6. The number of hydrogen-bond acceptors (Lipinski definition) is 2. The summed E-state index contributed by atoms with van der Waals surface area (Å²) in [5.41, 5.74) is 15.9. The van der Waals surface area contributed by atoms with E-state index >= 15 is 0 Å². The molecular weight excluding hydrogens is 917 g/mol. The fourth-order valence-corrected chi connectivity index (χ4v) is 11.4. The van der Waals surface area contributed by atoms with Crippen LogP contribution in [-0.4, -0.2) is 0 Å². The largest absolute Gasteiger partial charge is 0.311 e. The van der Waals surface area contributed by atoms with Gasteiger partial charge in [-0.15, -0.1) is 0 Å². The van der Waals surface area contributed by atoms with Crippen LogP contribution in [0.5, 0.6) is 0 Å². The number of allylic oxidation sites excluding steroid dienone is 3. The van der Waals surface area contributed by atoms with Crippen LogP contribution in [0.1, 0.15) is 106 Å². The molecule has 0 saturated carbocycles. The Morgan fingerprint density at radius 1 is 0.342 bits per heavy atom. The number of nitrogens with zero attached hydrogens (tertiary/aromatic N) is 2. The number of hydrogen-bond donors (Lipinski definition) is 0. The molecule has 0 heterocycles. The van der Waals surface area contributed by atoms with Crippen LogP contribution in [0.25, 0.3) is 65.3 Å². The van der Waals surface area contributed by atoms with Gasteiger partial charge in [-0.25, -0.2) is 0 Å². The molecule has 0 bridgehead atoms. The minimum absolute atomic E-state index is 0.0305. The van der Waals surface area contributed by atoms with Crippen molar-refractivity contribution in [2.75, 3.05) is 9.80 Å². The molecule has 0 aliphatic heterocycles. The third kappa shape index (κ3) is 9.75. The highest BCUT2D eigenvalue weighted by atomic mass is 15.2.